The fraction of sp³-hybridized carbons (Fsp3) is 0.833. The van der Waals surface area contributed by atoms with Crippen LogP contribution in [0.2, 0.25) is 0 Å². The van der Waals surface area contributed by atoms with Gasteiger partial charge in [0.15, 0.2) is 0 Å². The summed E-state index contributed by atoms with van der Waals surface area (Å²) in [4.78, 5) is 24.8. The quantitative estimate of drug-likeness (QED) is 0.766. The molecule has 2 rings (SSSR count). The lowest BCUT2D eigenvalue weighted by molar-refractivity contribution is -0.139. The third-order valence-electron chi connectivity index (χ3n) is 3.76. The average Bonchev–Trinajstić information content (AvgIpc) is 2.24. The van der Waals surface area contributed by atoms with Gasteiger partial charge in [-0.15, -0.1) is 12.4 Å². The molecule has 5 nitrogen and oxygen atoms in total. The molecule has 2 fully saturated rings. The van der Waals surface area contributed by atoms with Crippen molar-refractivity contribution in [1.82, 2.24) is 10.2 Å². The molecule has 2 amide bonds. The van der Waals surface area contributed by atoms with Gasteiger partial charge in [-0.3, -0.25) is 9.59 Å². The molecule has 0 aromatic heterocycles. The third kappa shape index (κ3) is 3.85. The minimum atomic E-state index is -0.239. The van der Waals surface area contributed by atoms with Crippen LogP contribution in [0.4, 0.5) is 0 Å². The predicted octanol–water partition coefficient (Wildman–Crippen LogP) is 0.132. The zero-order valence-electron chi connectivity index (χ0n) is 10.6. The highest BCUT2D eigenvalue weighted by molar-refractivity contribution is 5.85. The Hall–Kier alpha value is -0.810. The van der Waals surface area contributed by atoms with Gasteiger partial charge in [-0.25, -0.2) is 0 Å². The average molecular weight is 276 g/mol. The number of halogens is 1. The van der Waals surface area contributed by atoms with E-state index in [2.05, 4.69) is 5.32 Å². The van der Waals surface area contributed by atoms with Crippen LogP contribution in [0.5, 0.6) is 0 Å². The largest absolute Gasteiger partial charge is 0.370 e. The lowest BCUT2D eigenvalue weighted by atomic mass is 9.91. The van der Waals surface area contributed by atoms with Gasteiger partial charge in [0.25, 0.3) is 0 Å². The van der Waals surface area contributed by atoms with Crippen LogP contribution < -0.4 is 11.1 Å². The van der Waals surface area contributed by atoms with Crippen LogP contribution in [-0.2, 0) is 9.59 Å². The van der Waals surface area contributed by atoms with E-state index >= 15 is 0 Å². The topological polar surface area (TPSA) is 75.4 Å². The van der Waals surface area contributed by atoms with Crippen molar-refractivity contribution in [1.29, 1.82) is 0 Å². The molecular formula is C12H22ClN3O2. The normalized spacial score (nSPS) is 24.0. The van der Waals surface area contributed by atoms with Crippen molar-refractivity contribution in [3.05, 3.63) is 0 Å². The Morgan fingerprint density at radius 1 is 1.33 bits per heavy atom. The number of nitrogens with zero attached hydrogens (tertiary/aromatic N) is 1. The summed E-state index contributed by atoms with van der Waals surface area (Å²) in [6.45, 7) is 3.33. The molecule has 2 aliphatic rings. The zero-order chi connectivity index (χ0) is 12.3. The van der Waals surface area contributed by atoms with Crippen LogP contribution in [0.25, 0.3) is 0 Å². The van der Waals surface area contributed by atoms with E-state index in [9.17, 15) is 9.59 Å². The van der Waals surface area contributed by atoms with E-state index in [0.717, 1.165) is 45.4 Å². The van der Waals surface area contributed by atoms with Crippen LogP contribution in [-0.4, -0.2) is 42.9 Å². The Kier molecular flexibility index (Phi) is 5.88. The number of piperidine rings is 1. The molecule has 1 atom stereocenters. The lowest BCUT2D eigenvalue weighted by Crippen LogP contribution is -2.53. The first-order chi connectivity index (χ1) is 8.16. The summed E-state index contributed by atoms with van der Waals surface area (Å²) < 4.78 is 0. The van der Waals surface area contributed by atoms with Crippen LogP contribution in [0.1, 0.15) is 25.7 Å². The van der Waals surface area contributed by atoms with Crippen LogP contribution >= 0.6 is 12.4 Å². The monoisotopic (exact) mass is 275 g/mol. The highest BCUT2D eigenvalue weighted by Crippen LogP contribution is 2.22. The second-order valence-electron chi connectivity index (χ2n) is 5.15. The summed E-state index contributed by atoms with van der Waals surface area (Å²) in [6, 6.07) is 0. The number of nitrogens with two attached hydrogens (primary N) is 1. The van der Waals surface area contributed by atoms with Gasteiger partial charge in [0.05, 0.1) is 5.92 Å². The summed E-state index contributed by atoms with van der Waals surface area (Å²) in [5.74, 6) is 0.683. The van der Waals surface area contributed by atoms with Crippen molar-refractivity contribution in [2.75, 3.05) is 26.2 Å². The van der Waals surface area contributed by atoms with Gasteiger partial charge in [-0.05, 0) is 25.2 Å². The minimum absolute atomic E-state index is 0. The molecule has 2 saturated heterocycles. The number of likely N-dealkylation sites (tertiary alicyclic amines) is 1. The van der Waals surface area contributed by atoms with Gasteiger partial charge >= 0.3 is 0 Å². The Morgan fingerprint density at radius 3 is 2.61 bits per heavy atom. The maximum Gasteiger partial charge on any atom is 0.228 e. The zero-order valence-corrected chi connectivity index (χ0v) is 11.4. The maximum atomic E-state index is 12.1. The Labute approximate surface area is 114 Å². The maximum absolute atomic E-state index is 12.1. The second-order valence-corrected chi connectivity index (χ2v) is 5.15. The molecule has 2 aliphatic heterocycles. The number of rotatable bonds is 4. The molecule has 2 heterocycles. The van der Waals surface area contributed by atoms with Gasteiger partial charge in [0.2, 0.25) is 11.8 Å². The molecule has 0 aromatic rings. The Bertz CT molecular complexity index is 308. The predicted molar refractivity (Wildman–Crippen MR) is 71.3 cm³/mol. The van der Waals surface area contributed by atoms with Crippen LogP contribution in [0.3, 0.4) is 0 Å². The SMILES string of the molecule is Cl.NC(=O)CCC1CCCN(C(=O)C2CNC2)C1. The number of primary amides is 1. The van der Waals surface area contributed by atoms with E-state index < -0.39 is 0 Å². The van der Waals surface area contributed by atoms with Gasteiger partial charge < -0.3 is 16.0 Å². The molecule has 0 aliphatic carbocycles. The highest BCUT2D eigenvalue weighted by atomic mass is 35.5. The smallest absolute Gasteiger partial charge is 0.228 e. The fourth-order valence-corrected chi connectivity index (χ4v) is 2.57. The second kappa shape index (κ2) is 6.95. The molecule has 0 bridgehead atoms. The lowest BCUT2D eigenvalue weighted by Gasteiger charge is -2.37. The first kappa shape index (κ1) is 15.2. The Balaban J connectivity index is 0.00000162. The number of amides is 2. The summed E-state index contributed by atoms with van der Waals surface area (Å²) in [5.41, 5.74) is 5.16. The number of hydrogen-bond donors (Lipinski definition) is 2. The van der Waals surface area contributed by atoms with Crippen LogP contribution in [0.15, 0.2) is 0 Å². The van der Waals surface area contributed by atoms with E-state index in [1.807, 2.05) is 4.90 Å². The van der Waals surface area contributed by atoms with Gasteiger partial charge in [-0.2, -0.15) is 0 Å². The van der Waals surface area contributed by atoms with Gasteiger partial charge in [0.1, 0.15) is 0 Å². The first-order valence-electron chi connectivity index (χ1n) is 6.44. The minimum Gasteiger partial charge on any atom is -0.370 e. The highest BCUT2D eigenvalue weighted by Gasteiger charge is 2.31. The summed E-state index contributed by atoms with van der Waals surface area (Å²) in [6.07, 6.45) is 3.43. The molecule has 18 heavy (non-hydrogen) atoms. The van der Waals surface area contributed by atoms with E-state index in [4.69, 9.17) is 5.73 Å². The fourth-order valence-electron chi connectivity index (χ4n) is 2.57. The molecule has 104 valence electrons. The number of carbonyl (C=O) groups is 2. The van der Waals surface area contributed by atoms with Crippen molar-refractivity contribution in [3.8, 4) is 0 Å². The van der Waals surface area contributed by atoms with Crippen molar-refractivity contribution in [2.45, 2.75) is 25.7 Å². The van der Waals surface area contributed by atoms with E-state index in [0.29, 0.717) is 12.3 Å². The van der Waals surface area contributed by atoms with Gasteiger partial charge in [0, 0.05) is 32.6 Å². The molecule has 1 unspecified atom stereocenters. The van der Waals surface area contributed by atoms with Gasteiger partial charge in [-0.1, -0.05) is 0 Å². The molecular weight excluding hydrogens is 254 g/mol. The molecule has 3 N–H and O–H groups in total. The van der Waals surface area contributed by atoms with E-state index in [1.54, 1.807) is 0 Å². The Morgan fingerprint density at radius 2 is 2.06 bits per heavy atom. The standard InChI is InChI=1S/C12H21N3O2.ClH/c13-11(16)4-3-9-2-1-5-15(8-9)12(17)10-6-14-7-10;/h9-10,14H,1-8H2,(H2,13,16);1H. The molecule has 0 spiro atoms. The van der Waals surface area contributed by atoms with Crippen molar-refractivity contribution in [2.24, 2.45) is 17.6 Å². The number of nitrogens with one attached hydrogen (secondary N) is 1. The molecule has 0 saturated carbocycles. The van der Waals surface area contributed by atoms with Crippen molar-refractivity contribution < 1.29 is 9.59 Å². The van der Waals surface area contributed by atoms with Crippen LogP contribution in [0, 0.1) is 11.8 Å². The number of hydrogen-bond acceptors (Lipinski definition) is 3. The summed E-state index contributed by atoms with van der Waals surface area (Å²) in [7, 11) is 0. The first-order valence-corrected chi connectivity index (χ1v) is 6.44. The van der Waals surface area contributed by atoms with Crippen molar-refractivity contribution in [3.63, 3.8) is 0 Å². The molecule has 0 aromatic carbocycles. The molecule has 6 heteroatoms. The van der Waals surface area contributed by atoms with Crippen molar-refractivity contribution >= 4 is 24.2 Å². The number of carbonyl (C=O) groups excluding carboxylic acids is 2. The summed E-state index contributed by atoms with van der Waals surface area (Å²) >= 11 is 0. The van der Waals surface area contributed by atoms with E-state index in [1.165, 1.54) is 0 Å². The third-order valence-corrected chi connectivity index (χ3v) is 3.76. The molecule has 0 radical (unpaired) electrons. The van der Waals surface area contributed by atoms with E-state index in [-0.39, 0.29) is 30.1 Å². The summed E-state index contributed by atoms with van der Waals surface area (Å²) in [5, 5.41) is 3.12.